The minimum absolute atomic E-state index is 0.181. The summed E-state index contributed by atoms with van der Waals surface area (Å²) in [6.45, 7) is 5.47. The summed E-state index contributed by atoms with van der Waals surface area (Å²) in [5.41, 5.74) is 0. The number of nitrogens with one attached hydrogen (secondary N) is 1. The topological polar surface area (TPSA) is 66.4 Å². The molecule has 0 radical (unpaired) electrons. The SMILES string of the molecule is C=CC(=O)NCC(CCCC)C(=O)O. The van der Waals surface area contributed by atoms with Gasteiger partial charge in [-0.05, 0) is 12.5 Å². The molecule has 0 aliphatic rings. The van der Waals surface area contributed by atoms with Crippen molar-refractivity contribution in [2.75, 3.05) is 6.54 Å². The molecular weight excluding hydrogens is 182 g/mol. The van der Waals surface area contributed by atoms with Crippen molar-refractivity contribution in [3.8, 4) is 0 Å². The summed E-state index contributed by atoms with van der Waals surface area (Å²) in [6.07, 6.45) is 3.56. The lowest BCUT2D eigenvalue weighted by atomic mass is 10.0. The molecule has 0 rings (SSSR count). The van der Waals surface area contributed by atoms with Crippen LogP contribution in [0.3, 0.4) is 0 Å². The van der Waals surface area contributed by atoms with E-state index in [2.05, 4.69) is 11.9 Å². The van der Waals surface area contributed by atoms with Crippen molar-refractivity contribution in [1.82, 2.24) is 5.32 Å². The number of unbranched alkanes of at least 4 members (excludes halogenated alkanes) is 1. The lowest BCUT2D eigenvalue weighted by molar-refractivity contribution is -0.141. The number of aliphatic carboxylic acids is 1. The quantitative estimate of drug-likeness (QED) is 0.605. The van der Waals surface area contributed by atoms with Gasteiger partial charge in [0.05, 0.1) is 5.92 Å². The molecule has 0 aromatic carbocycles. The summed E-state index contributed by atoms with van der Waals surface area (Å²) in [5.74, 6) is -1.67. The van der Waals surface area contributed by atoms with Gasteiger partial charge in [0.2, 0.25) is 5.91 Å². The average Bonchev–Trinajstić information content (AvgIpc) is 2.16. The molecule has 0 aromatic rings. The first-order chi connectivity index (χ1) is 6.61. The third-order valence-corrected chi connectivity index (χ3v) is 1.96. The molecule has 0 bridgehead atoms. The summed E-state index contributed by atoms with van der Waals surface area (Å²) in [7, 11) is 0. The van der Waals surface area contributed by atoms with Gasteiger partial charge < -0.3 is 10.4 Å². The Kier molecular flexibility index (Phi) is 6.45. The maximum atomic E-state index is 10.8. The molecule has 4 heteroatoms. The monoisotopic (exact) mass is 199 g/mol. The van der Waals surface area contributed by atoms with E-state index in [4.69, 9.17) is 5.11 Å². The zero-order chi connectivity index (χ0) is 11.0. The van der Waals surface area contributed by atoms with E-state index in [-0.39, 0.29) is 12.5 Å². The summed E-state index contributed by atoms with van der Waals surface area (Å²) in [5, 5.41) is 11.3. The second kappa shape index (κ2) is 7.12. The van der Waals surface area contributed by atoms with E-state index in [0.717, 1.165) is 18.9 Å². The summed E-state index contributed by atoms with van der Waals surface area (Å²) < 4.78 is 0. The Labute approximate surface area is 84.0 Å². The zero-order valence-electron chi connectivity index (χ0n) is 8.45. The van der Waals surface area contributed by atoms with Crippen LogP contribution in [-0.2, 0) is 9.59 Å². The van der Waals surface area contributed by atoms with E-state index < -0.39 is 11.9 Å². The van der Waals surface area contributed by atoms with Gasteiger partial charge in [-0.25, -0.2) is 0 Å². The maximum Gasteiger partial charge on any atom is 0.308 e. The number of carbonyl (C=O) groups is 2. The Morgan fingerprint density at radius 3 is 2.64 bits per heavy atom. The molecule has 1 amide bonds. The molecule has 0 saturated carbocycles. The molecule has 14 heavy (non-hydrogen) atoms. The van der Waals surface area contributed by atoms with Gasteiger partial charge in [0.25, 0.3) is 0 Å². The predicted octanol–water partition coefficient (Wildman–Crippen LogP) is 1.18. The van der Waals surface area contributed by atoms with Gasteiger partial charge >= 0.3 is 5.97 Å². The van der Waals surface area contributed by atoms with Crippen LogP contribution in [0.5, 0.6) is 0 Å². The molecule has 80 valence electrons. The van der Waals surface area contributed by atoms with Crippen LogP contribution >= 0.6 is 0 Å². The summed E-state index contributed by atoms with van der Waals surface area (Å²) in [4.78, 5) is 21.5. The number of hydrogen-bond acceptors (Lipinski definition) is 2. The number of carboxylic acid groups (broad SMARTS) is 1. The Hall–Kier alpha value is -1.32. The van der Waals surface area contributed by atoms with Crippen molar-refractivity contribution in [3.63, 3.8) is 0 Å². The van der Waals surface area contributed by atoms with Gasteiger partial charge in [-0.15, -0.1) is 0 Å². The lowest BCUT2D eigenvalue weighted by Crippen LogP contribution is -2.31. The van der Waals surface area contributed by atoms with Crippen LogP contribution < -0.4 is 5.32 Å². The van der Waals surface area contributed by atoms with Crippen LogP contribution in [0.25, 0.3) is 0 Å². The van der Waals surface area contributed by atoms with Crippen molar-refractivity contribution in [2.45, 2.75) is 26.2 Å². The summed E-state index contributed by atoms with van der Waals surface area (Å²) >= 11 is 0. The molecular formula is C10H17NO3. The number of carbonyl (C=O) groups excluding carboxylic acids is 1. The average molecular weight is 199 g/mol. The van der Waals surface area contributed by atoms with E-state index in [1.807, 2.05) is 6.92 Å². The van der Waals surface area contributed by atoms with Crippen LogP contribution in [0, 0.1) is 5.92 Å². The smallest absolute Gasteiger partial charge is 0.308 e. The van der Waals surface area contributed by atoms with Gasteiger partial charge in [0.1, 0.15) is 0 Å². The van der Waals surface area contributed by atoms with Crippen LogP contribution in [-0.4, -0.2) is 23.5 Å². The zero-order valence-corrected chi connectivity index (χ0v) is 8.45. The summed E-state index contributed by atoms with van der Waals surface area (Å²) in [6, 6.07) is 0. The van der Waals surface area contributed by atoms with Gasteiger partial charge in [-0.2, -0.15) is 0 Å². The number of carboxylic acids is 1. The van der Waals surface area contributed by atoms with Crippen molar-refractivity contribution >= 4 is 11.9 Å². The highest BCUT2D eigenvalue weighted by Gasteiger charge is 2.16. The minimum atomic E-state index is -0.859. The molecule has 0 saturated heterocycles. The first kappa shape index (κ1) is 12.7. The number of rotatable bonds is 7. The minimum Gasteiger partial charge on any atom is -0.481 e. The van der Waals surface area contributed by atoms with E-state index in [1.165, 1.54) is 0 Å². The van der Waals surface area contributed by atoms with Gasteiger partial charge in [0, 0.05) is 6.54 Å². The third-order valence-electron chi connectivity index (χ3n) is 1.96. The van der Waals surface area contributed by atoms with E-state index in [0.29, 0.717) is 6.42 Å². The van der Waals surface area contributed by atoms with Crippen molar-refractivity contribution < 1.29 is 14.7 Å². The molecule has 1 unspecified atom stereocenters. The fraction of sp³-hybridized carbons (Fsp3) is 0.600. The molecule has 4 nitrogen and oxygen atoms in total. The maximum absolute atomic E-state index is 10.8. The highest BCUT2D eigenvalue weighted by atomic mass is 16.4. The number of amides is 1. The molecule has 0 heterocycles. The van der Waals surface area contributed by atoms with Gasteiger partial charge in [0.15, 0.2) is 0 Å². The van der Waals surface area contributed by atoms with Gasteiger partial charge in [-0.1, -0.05) is 26.3 Å². The molecule has 0 fully saturated rings. The Balaban J connectivity index is 3.90. The Morgan fingerprint density at radius 1 is 1.57 bits per heavy atom. The standard InChI is InChI=1S/C10H17NO3/c1-3-5-6-8(10(13)14)7-11-9(12)4-2/h4,8H,2-3,5-7H2,1H3,(H,11,12)(H,13,14). The Bertz CT molecular complexity index is 213. The second-order valence-corrected chi connectivity index (χ2v) is 3.13. The fourth-order valence-corrected chi connectivity index (χ4v) is 1.06. The van der Waals surface area contributed by atoms with Crippen LogP contribution in [0.2, 0.25) is 0 Å². The highest BCUT2D eigenvalue weighted by molar-refractivity contribution is 5.87. The lowest BCUT2D eigenvalue weighted by Gasteiger charge is -2.11. The van der Waals surface area contributed by atoms with Crippen molar-refractivity contribution in [1.29, 1.82) is 0 Å². The first-order valence-electron chi connectivity index (χ1n) is 4.74. The van der Waals surface area contributed by atoms with E-state index in [9.17, 15) is 9.59 Å². The Morgan fingerprint density at radius 2 is 2.21 bits per heavy atom. The van der Waals surface area contributed by atoms with Crippen LogP contribution in [0.1, 0.15) is 26.2 Å². The normalized spacial score (nSPS) is 11.8. The van der Waals surface area contributed by atoms with Crippen molar-refractivity contribution in [3.05, 3.63) is 12.7 Å². The van der Waals surface area contributed by atoms with E-state index >= 15 is 0 Å². The number of hydrogen-bond donors (Lipinski definition) is 2. The van der Waals surface area contributed by atoms with E-state index in [1.54, 1.807) is 0 Å². The van der Waals surface area contributed by atoms with Crippen molar-refractivity contribution in [2.24, 2.45) is 5.92 Å². The van der Waals surface area contributed by atoms with Gasteiger partial charge in [-0.3, -0.25) is 9.59 Å². The predicted molar refractivity (Wildman–Crippen MR) is 53.9 cm³/mol. The third kappa shape index (κ3) is 5.35. The molecule has 0 aromatic heterocycles. The highest BCUT2D eigenvalue weighted by Crippen LogP contribution is 2.07. The first-order valence-corrected chi connectivity index (χ1v) is 4.74. The molecule has 0 aliphatic carbocycles. The largest absolute Gasteiger partial charge is 0.481 e. The van der Waals surface area contributed by atoms with Crippen LogP contribution in [0.4, 0.5) is 0 Å². The second-order valence-electron chi connectivity index (χ2n) is 3.13. The molecule has 2 N–H and O–H groups in total. The van der Waals surface area contributed by atoms with Crippen LogP contribution in [0.15, 0.2) is 12.7 Å². The molecule has 0 spiro atoms. The molecule has 0 aliphatic heterocycles. The molecule has 1 atom stereocenters. The fourth-order valence-electron chi connectivity index (χ4n) is 1.06.